The van der Waals surface area contributed by atoms with E-state index in [4.69, 9.17) is 0 Å². The number of hydrogen-bond acceptors (Lipinski definition) is 4. The molecule has 1 atom stereocenters. The average molecular weight is 383 g/mol. The third-order valence-corrected chi connectivity index (χ3v) is 5.55. The van der Waals surface area contributed by atoms with Gasteiger partial charge in [-0.3, -0.25) is 4.79 Å². The zero-order valence-electron chi connectivity index (χ0n) is 16.3. The van der Waals surface area contributed by atoms with E-state index in [1.54, 1.807) is 16.8 Å². The largest absolute Gasteiger partial charge is 0.308 e. The first-order valence-electron chi connectivity index (χ1n) is 9.88. The number of piperidine rings is 1. The van der Waals surface area contributed by atoms with Crippen molar-refractivity contribution in [2.24, 2.45) is 0 Å². The van der Waals surface area contributed by atoms with Gasteiger partial charge >= 0.3 is 0 Å². The summed E-state index contributed by atoms with van der Waals surface area (Å²) in [6.07, 6.45) is 2.32. The fourth-order valence-electron chi connectivity index (χ4n) is 3.92. The molecule has 3 aromatic rings. The Morgan fingerprint density at radius 3 is 2.86 bits per heavy atom. The van der Waals surface area contributed by atoms with Crippen molar-refractivity contribution in [3.63, 3.8) is 0 Å². The molecule has 1 aromatic carbocycles. The Labute approximate surface area is 163 Å². The third-order valence-electron chi connectivity index (χ3n) is 5.55. The number of benzene rings is 1. The first-order valence-corrected chi connectivity index (χ1v) is 9.88. The predicted molar refractivity (Wildman–Crippen MR) is 108 cm³/mol. The summed E-state index contributed by atoms with van der Waals surface area (Å²) in [4.78, 5) is 18.1. The van der Waals surface area contributed by atoms with Crippen molar-refractivity contribution in [2.75, 3.05) is 19.6 Å². The molecule has 2 N–H and O–H groups in total. The van der Waals surface area contributed by atoms with Crippen LogP contribution in [-0.2, 0) is 6.54 Å². The highest BCUT2D eigenvalue weighted by Gasteiger charge is 2.19. The second-order valence-corrected chi connectivity index (χ2v) is 7.47. The highest BCUT2D eigenvalue weighted by molar-refractivity contribution is 5.80. The fourth-order valence-corrected chi connectivity index (χ4v) is 3.92. The van der Waals surface area contributed by atoms with Gasteiger partial charge in [-0.2, -0.15) is 5.10 Å². The number of likely N-dealkylation sites (N-methyl/N-ethyl adjacent to an activating group) is 1. The zero-order chi connectivity index (χ0) is 19.7. The number of nitrogens with zero attached hydrogens (tertiary/aromatic N) is 3. The number of nitrogens with one attached hydrogen (secondary N) is 2. The van der Waals surface area contributed by atoms with E-state index in [9.17, 15) is 9.18 Å². The molecule has 1 saturated heterocycles. The van der Waals surface area contributed by atoms with E-state index in [-0.39, 0.29) is 11.4 Å². The summed E-state index contributed by atoms with van der Waals surface area (Å²) in [5, 5.41) is 8.98. The molecule has 1 aliphatic heterocycles. The number of pyridine rings is 1. The molecule has 0 aliphatic carbocycles. The molecule has 0 saturated carbocycles. The molecule has 3 heterocycles. The van der Waals surface area contributed by atoms with Crippen molar-refractivity contribution in [3.8, 4) is 5.69 Å². The smallest absolute Gasteiger partial charge is 0.254 e. The molecular weight excluding hydrogens is 357 g/mol. The van der Waals surface area contributed by atoms with Crippen LogP contribution in [0, 0.1) is 12.7 Å². The van der Waals surface area contributed by atoms with E-state index in [1.807, 2.05) is 13.0 Å². The third kappa shape index (κ3) is 3.72. The predicted octanol–water partition coefficient (Wildman–Crippen LogP) is 2.74. The van der Waals surface area contributed by atoms with Gasteiger partial charge in [-0.1, -0.05) is 6.92 Å². The minimum absolute atomic E-state index is 0.119. The van der Waals surface area contributed by atoms with Crippen LogP contribution in [-0.4, -0.2) is 45.3 Å². The van der Waals surface area contributed by atoms with Gasteiger partial charge in [0.25, 0.3) is 5.56 Å². The van der Waals surface area contributed by atoms with Crippen LogP contribution in [0.5, 0.6) is 0 Å². The number of H-pyrrole nitrogens is 1. The highest BCUT2D eigenvalue weighted by atomic mass is 19.1. The molecule has 1 aliphatic rings. The highest BCUT2D eigenvalue weighted by Crippen LogP contribution is 2.20. The van der Waals surface area contributed by atoms with Crippen molar-refractivity contribution in [2.45, 2.75) is 39.3 Å². The molecule has 7 heteroatoms. The number of likely N-dealkylation sites (tertiary alicyclic amines) is 1. The molecule has 0 unspecified atom stereocenters. The van der Waals surface area contributed by atoms with E-state index in [0.717, 1.165) is 37.1 Å². The van der Waals surface area contributed by atoms with E-state index >= 15 is 0 Å². The molecular formula is C21H26FN5O. The summed E-state index contributed by atoms with van der Waals surface area (Å²) in [7, 11) is 0. The topological polar surface area (TPSA) is 66.0 Å². The van der Waals surface area contributed by atoms with Gasteiger partial charge in [-0.05, 0) is 63.2 Å². The summed E-state index contributed by atoms with van der Waals surface area (Å²) in [6, 6.07) is 8.40. The Balaban J connectivity index is 1.59. The molecule has 0 radical (unpaired) electrons. The van der Waals surface area contributed by atoms with Crippen molar-refractivity contribution < 1.29 is 4.39 Å². The Hall–Kier alpha value is -2.51. The molecule has 0 spiro atoms. The summed E-state index contributed by atoms with van der Waals surface area (Å²) in [5.74, 6) is -0.303. The van der Waals surface area contributed by atoms with Crippen molar-refractivity contribution >= 4 is 11.0 Å². The van der Waals surface area contributed by atoms with Crippen LogP contribution in [0.25, 0.3) is 16.7 Å². The van der Waals surface area contributed by atoms with E-state index in [0.29, 0.717) is 29.5 Å². The fraction of sp³-hybridized carbons (Fsp3) is 0.429. The number of halogens is 1. The van der Waals surface area contributed by atoms with Crippen LogP contribution in [0.2, 0.25) is 0 Å². The van der Waals surface area contributed by atoms with Gasteiger partial charge in [0.2, 0.25) is 0 Å². The zero-order valence-corrected chi connectivity index (χ0v) is 16.3. The molecule has 4 rings (SSSR count). The van der Waals surface area contributed by atoms with Crippen molar-refractivity contribution in [1.29, 1.82) is 0 Å². The van der Waals surface area contributed by atoms with Gasteiger partial charge < -0.3 is 15.2 Å². The summed E-state index contributed by atoms with van der Waals surface area (Å²) < 4.78 is 14.9. The van der Waals surface area contributed by atoms with Crippen LogP contribution < -0.4 is 10.9 Å². The number of aromatic amines is 1. The Kier molecular flexibility index (Phi) is 5.28. The SMILES string of the molecule is CCN1CCC[C@@H](NCc2cc3c(C)nn(-c4ccc(F)cc4)c3[nH]c2=O)C1. The Bertz CT molecular complexity index is 1020. The van der Waals surface area contributed by atoms with Gasteiger partial charge in [0.05, 0.1) is 11.4 Å². The molecule has 6 nitrogen and oxygen atoms in total. The average Bonchev–Trinajstić information content (AvgIpc) is 3.02. The first-order chi connectivity index (χ1) is 13.5. The van der Waals surface area contributed by atoms with Gasteiger partial charge in [0.1, 0.15) is 11.5 Å². The van der Waals surface area contributed by atoms with Crippen LogP contribution in [0.15, 0.2) is 35.1 Å². The summed E-state index contributed by atoms with van der Waals surface area (Å²) in [6.45, 7) is 7.88. The molecule has 0 amide bonds. The second kappa shape index (κ2) is 7.85. The van der Waals surface area contributed by atoms with Crippen LogP contribution in [0.1, 0.15) is 31.0 Å². The lowest BCUT2D eigenvalue weighted by molar-refractivity contribution is 0.198. The minimum atomic E-state index is -0.303. The van der Waals surface area contributed by atoms with E-state index in [2.05, 4.69) is 27.2 Å². The lowest BCUT2D eigenvalue weighted by atomic mass is 10.1. The first kappa shape index (κ1) is 18.8. The van der Waals surface area contributed by atoms with Gasteiger partial charge in [-0.25, -0.2) is 9.07 Å². The standard InChI is InChI=1S/C21H26FN5O/c1-3-26-10-4-5-17(13-26)23-12-15-11-19-14(2)25-27(20(19)24-21(15)28)18-8-6-16(22)7-9-18/h6-9,11,17,23H,3-5,10,12-13H2,1-2H3,(H,24,28)/t17-/m1/s1. The normalized spacial score (nSPS) is 18.0. The van der Waals surface area contributed by atoms with Crippen molar-refractivity contribution in [1.82, 2.24) is 25.0 Å². The van der Waals surface area contributed by atoms with Crippen LogP contribution in [0.3, 0.4) is 0 Å². The summed E-state index contributed by atoms with van der Waals surface area (Å²) in [5.41, 5.74) is 2.76. The number of aromatic nitrogens is 3. The number of fused-ring (bicyclic) bond motifs is 1. The molecule has 0 bridgehead atoms. The number of rotatable bonds is 5. The second-order valence-electron chi connectivity index (χ2n) is 7.47. The van der Waals surface area contributed by atoms with E-state index < -0.39 is 0 Å². The maximum atomic E-state index is 13.2. The quantitative estimate of drug-likeness (QED) is 0.711. The van der Waals surface area contributed by atoms with Gasteiger partial charge in [0, 0.05) is 30.1 Å². The van der Waals surface area contributed by atoms with Crippen LogP contribution >= 0.6 is 0 Å². The molecule has 148 valence electrons. The minimum Gasteiger partial charge on any atom is -0.308 e. The number of hydrogen-bond donors (Lipinski definition) is 2. The molecule has 28 heavy (non-hydrogen) atoms. The maximum Gasteiger partial charge on any atom is 0.254 e. The van der Waals surface area contributed by atoms with Gasteiger partial charge in [0.15, 0.2) is 0 Å². The molecule has 1 fully saturated rings. The monoisotopic (exact) mass is 383 g/mol. The molecule has 2 aromatic heterocycles. The van der Waals surface area contributed by atoms with Crippen molar-refractivity contribution in [3.05, 3.63) is 57.8 Å². The lowest BCUT2D eigenvalue weighted by Gasteiger charge is -2.32. The Morgan fingerprint density at radius 2 is 2.11 bits per heavy atom. The number of aryl methyl sites for hydroxylation is 1. The maximum absolute atomic E-state index is 13.2. The van der Waals surface area contributed by atoms with E-state index in [1.165, 1.54) is 18.6 Å². The van der Waals surface area contributed by atoms with Crippen LogP contribution in [0.4, 0.5) is 4.39 Å². The lowest BCUT2D eigenvalue weighted by Crippen LogP contribution is -2.45. The van der Waals surface area contributed by atoms with Gasteiger partial charge in [-0.15, -0.1) is 0 Å². The Morgan fingerprint density at radius 1 is 1.32 bits per heavy atom. The summed E-state index contributed by atoms with van der Waals surface area (Å²) >= 11 is 0.